The summed E-state index contributed by atoms with van der Waals surface area (Å²) >= 11 is 0. The minimum absolute atomic E-state index is 0.0335. The summed E-state index contributed by atoms with van der Waals surface area (Å²) in [6, 6.07) is 16.7. The van der Waals surface area contributed by atoms with Crippen molar-refractivity contribution < 1.29 is 14.4 Å². The predicted molar refractivity (Wildman–Crippen MR) is 129 cm³/mol. The number of para-hydroxylation sites is 2. The highest BCUT2D eigenvalue weighted by molar-refractivity contribution is 6.02. The van der Waals surface area contributed by atoms with Gasteiger partial charge in [-0.15, -0.1) is 0 Å². The van der Waals surface area contributed by atoms with Crippen molar-refractivity contribution in [2.24, 2.45) is 0 Å². The van der Waals surface area contributed by atoms with E-state index in [0.29, 0.717) is 38.2 Å². The number of fused-ring (bicyclic) bond motifs is 1. The van der Waals surface area contributed by atoms with Crippen LogP contribution >= 0.6 is 0 Å². The van der Waals surface area contributed by atoms with Gasteiger partial charge in [0.2, 0.25) is 17.6 Å². The lowest BCUT2D eigenvalue weighted by Crippen LogP contribution is -2.51. The van der Waals surface area contributed by atoms with E-state index < -0.39 is 12.1 Å². The van der Waals surface area contributed by atoms with Gasteiger partial charge in [-0.1, -0.05) is 42.5 Å². The first kappa shape index (κ1) is 22.3. The Labute approximate surface area is 199 Å². The molecule has 2 saturated heterocycles. The van der Waals surface area contributed by atoms with Gasteiger partial charge in [0.25, 0.3) is 0 Å². The Morgan fingerprint density at radius 2 is 1.59 bits per heavy atom. The molecule has 0 unspecified atom stereocenters. The van der Waals surface area contributed by atoms with E-state index in [1.54, 1.807) is 9.80 Å². The van der Waals surface area contributed by atoms with Gasteiger partial charge in [0, 0.05) is 19.5 Å². The second-order valence-corrected chi connectivity index (χ2v) is 9.24. The lowest BCUT2D eigenvalue weighted by atomic mass is 10.1. The number of imidazole rings is 1. The molecule has 2 aliphatic heterocycles. The number of nitrogens with zero attached hydrogens (tertiary/aromatic N) is 3. The fraction of sp³-hybridized carbons (Fsp3) is 0.407. The lowest BCUT2D eigenvalue weighted by Gasteiger charge is -2.30. The molecule has 0 saturated carbocycles. The quantitative estimate of drug-likeness (QED) is 0.547. The number of ketones is 1. The van der Waals surface area contributed by atoms with E-state index in [0.717, 1.165) is 36.7 Å². The smallest absolute Gasteiger partial charge is 0.246 e. The summed E-state index contributed by atoms with van der Waals surface area (Å²) in [6.45, 7) is 1.15. The fourth-order valence-electron chi connectivity index (χ4n) is 5.28. The van der Waals surface area contributed by atoms with Crippen molar-refractivity contribution in [3.63, 3.8) is 0 Å². The summed E-state index contributed by atoms with van der Waals surface area (Å²) in [5, 5.41) is 0. The number of carbonyl (C=O) groups excluding carboxylic acids is 3. The lowest BCUT2D eigenvalue weighted by molar-refractivity contribution is -0.144. The fourth-order valence-corrected chi connectivity index (χ4v) is 5.28. The number of aromatic amines is 1. The molecule has 2 aliphatic rings. The first-order valence-corrected chi connectivity index (χ1v) is 12.2. The van der Waals surface area contributed by atoms with Gasteiger partial charge in [-0.2, -0.15) is 0 Å². The van der Waals surface area contributed by atoms with Crippen LogP contribution in [0, 0.1) is 0 Å². The molecule has 2 fully saturated rings. The van der Waals surface area contributed by atoms with Crippen molar-refractivity contribution in [2.45, 2.75) is 57.0 Å². The Kier molecular flexibility index (Phi) is 6.43. The Morgan fingerprint density at radius 1 is 0.882 bits per heavy atom. The number of Topliss-reactive ketones (excluding diaryl/α,β-unsaturated/α-hetero) is 1. The zero-order chi connectivity index (χ0) is 23.5. The molecule has 176 valence electrons. The first-order chi connectivity index (χ1) is 16.6. The molecule has 2 atom stereocenters. The Morgan fingerprint density at radius 3 is 2.38 bits per heavy atom. The number of likely N-dealkylation sites (tertiary alicyclic amines) is 2. The third kappa shape index (κ3) is 4.47. The SMILES string of the molecule is O=C(c1nc2ccccc2[nH]1)[C@@H]1CCCN1C(=O)[C@@H]1CCCN1C(=O)CCCc1ccccc1. The molecule has 7 nitrogen and oxygen atoms in total. The third-order valence-corrected chi connectivity index (χ3v) is 7.02. The van der Waals surface area contributed by atoms with Crippen LogP contribution in [0.2, 0.25) is 0 Å². The Bertz CT molecular complexity index is 1160. The second-order valence-electron chi connectivity index (χ2n) is 9.24. The van der Waals surface area contributed by atoms with Crippen LogP contribution in [0.1, 0.15) is 54.7 Å². The minimum Gasteiger partial charge on any atom is -0.335 e. The second kappa shape index (κ2) is 9.79. The van der Waals surface area contributed by atoms with Gasteiger partial charge in [-0.25, -0.2) is 4.98 Å². The van der Waals surface area contributed by atoms with E-state index in [1.807, 2.05) is 42.5 Å². The van der Waals surface area contributed by atoms with Crippen molar-refractivity contribution in [2.75, 3.05) is 13.1 Å². The summed E-state index contributed by atoms with van der Waals surface area (Å²) in [5.74, 6) is 0.0824. The molecule has 1 aromatic heterocycles. The first-order valence-electron chi connectivity index (χ1n) is 12.2. The average Bonchev–Trinajstić information content (AvgIpc) is 3.63. The maximum atomic E-state index is 13.5. The van der Waals surface area contributed by atoms with Gasteiger partial charge in [0.05, 0.1) is 17.1 Å². The van der Waals surface area contributed by atoms with E-state index in [9.17, 15) is 14.4 Å². The number of carbonyl (C=O) groups is 3. The van der Waals surface area contributed by atoms with E-state index >= 15 is 0 Å². The largest absolute Gasteiger partial charge is 0.335 e. The van der Waals surface area contributed by atoms with Crippen LogP contribution in [0.5, 0.6) is 0 Å². The summed E-state index contributed by atoms with van der Waals surface area (Å²) in [7, 11) is 0. The zero-order valence-corrected chi connectivity index (χ0v) is 19.3. The maximum Gasteiger partial charge on any atom is 0.246 e. The maximum absolute atomic E-state index is 13.5. The number of rotatable bonds is 7. The molecule has 7 heteroatoms. The average molecular weight is 459 g/mol. The minimum atomic E-state index is -0.524. The molecular formula is C27H30N4O3. The molecule has 5 rings (SSSR count). The standard InChI is InChI=1S/C27H30N4O3/c32-24(16-6-11-19-9-2-1-3-10-19)30-17-8-15-23(30)27(34)31-18-7-14-22(31)25(33)26-28-20-12-4-5-13-21(20)29-26/h1-5,9-10,12-13,22-23H,6-8,11,14-18H2,(H,28,29)/t22-,23-/m0/s1. The Balaban J connectivity index is 1.24. The van der Waals surface area contributed by atoms with E-state index in [-0.39, 0.29) is 17.6 Å². The highest BCUT2D eigenvalue weighted by Crippen LogP contribution is 2.27. The van der Waals surface area contributed by atoms with E-state index in [2.05, 4.69) is 22.1 Å². The van der Waals surface area contributed by atoms with Crippen LogP contribution in [0.25, 0.3) is 11.0 Å². The van der Waals surface area contributed by atoms with Crippen LogP contribution in [-0.4, -0.2) is 62.5 Å². The van der Waals surface area contributed by atoms with Crippen molar-refractivity contribution in [3.8, 4) is 0 Å². The molecule has 2 amide bonds. The van der Waals surface area contributed by atoms with Crippen molar-refractivity contribution in [3.05, 3.63) is 66.0 Å². The number of amides is 2. The number of aryl methyl sites for hydroxylation is 1. The molecule has 2 aromatic carbocycles. The summed E-state index contributed by atoms with van der Waals surface area (Å²) in [5.41, 5.74) is 2.77. The van der Waals surface area contributed by atoms with E-state index in [1.165, 1.54) is 5.56 Å². The molecule has 0 aliphatic carbocycles. The summed E-state index contributed by atoms with van der Waals surface area (Å²) in [4.78, 5) is 50.7. The van der Waals surface area contributed by atoms with Crippen molar-refractivity contribution in [1.82, 2.24) is 19.8 Å². The molecule has 3 aromatic rings. The normalized spacial score (nSPS) is 20.2. The highest BCUT2D eigenvalue weighted by Gasteiger charge is 2.42. The molecular weight excluding hydrogens is 428 g/mol. The monoisotopic (exact) mass is 458 g/mol. The van der Waals surface area contributed by atoms with Gasteiger partial charge >= 0.3 is 0 Å². The molecule has 0 radical (unpaired) electrons. The van der Waals surface area contributed by atoms with Crippen LogP contribution in [-0.2, 0) is 16.0 Å². The number of nitrogens with one attached hydrogen (secondary N) is 1. The van der Waals surface area contributed by atoms with E-state index in [4.69, 9.17) is 0 Å². The van der Waals surface area contributed by atoms with Crippen LogP contribution in [0.3, 0.4) is 0 Å². The summed E-state index contributed by atoms with van der Waals surface area (Å²) in [6.07, 6.45) is 4.91. The van der Waals surface area contributed by atoms with Gasteiger partial charge in [0.1, 0.15) is 6.04 Å². The zero-order valence-electron chi connectivity index (χ0n) is 19.3. The predicted octanol–water partition coefficient (Wildman–Crippen LogP) is 3.75. The van der Waals surface area contributed by atoms with Crippen molar-refractivity contribution >= 4 is 28.6 Å². The van der Waals surface area contributed by atoms with Crippen LogP contribution in [0.15, 0.2) is 54.6 Å². The van der Waals surface area contributed by atoms with Crippen LogP contribution < -0.4 is 0 Å². The Hall–Kier alpha value is -3.48. The number of H-pyrrole nitrogens is 1. The van der Waals surface area contributed by atoms with Gasteiger partial charge in [-0.3, -0.25) is 14.4 Å². The van der Waals surface area contributed by atoms with Gasteiger partial charge in [0.15, 0.2) is 5.82 Å². The molecule has 0 bridgehead atoms. The molecule has 0 spiro atoms. The van der Waals surface area contributed by atoms with Crippen molar-refractivity contribution in [1.29, 1.82) is 0 Å². The van der Waals surface area contributed by atoms with Crippen LogP contribution in [0.4, 0.5) is 0 Å². The molecule has 1 N–H and O–H groups in total. The summed E-state index contributed by atoms with van der Waals surface area (Å²) < 4.78 is 0. The van der Waals surface area contributed by atoms with Gasteiger partial charge < -0.3 is 14.8 Å². The molecule has 34 heavy (non-hydrogen) atoms. The third-order valence-electron chi connectivity index (χ3n) is 7.02. The molecule has 3 heterocycles. The number of hydrogen-bond acceptors (Lipinski definition) is 4. The highest BCUT2D eigenvalue weighted by atomic mass is 16.2. The number of hydrogen-bond donors (Lipinski definition) is 1. The van der Waals surface area contributed by atoms with Gasteiger partial charge in [-0.05, 0) is 56.2 Å². The number of benzene rings is 2. The topological polar surface area (TPSA) is 86.4 Å². The number of aromatic nitrogens is 2.